The molecule has 10 heteroatoms. The minimum atomic E-state index is -0.837. The monoisotopic (exact) mass is 557 g/mol. The van der Waals surface area contributed by atoms with E-state index in [9.17, 15) is 19.6 Å². The maximum Gasteiger partial charge on any atom is 0.338 e. The first-order chi connectivity index (χ1) is 19.5. The number of benzene rings is 2. The quantitative estimate of drug-likeness (QED) is 0.322. The zero-order valence-electron chi connectivity index (χ0n) is 21.9. The van der Waals surface area contributed by atoms with Gasteiger partial charge in [0, 0.05) is 5.69 Å². The van der Waals surface area contributed by atoms with E-state index in [4.69, 9.17) is 13.9 Å². The largest absolute Gasteiger partial charge is 0.468 e. The molecule has 4 rings (SSSR count). The highest BCUT2D eigenvalue weighted by Gasteiger charge is 2.38. The maximum atomic E-state index is 13.2. The van der Waals surface area contributed by atoms with Crippen molar-refractivity contribution >= 4 is 41.0 Å². The van der Waals surface area contributed by atoms with Crippen LogP contribution in [0.5, 0.6) is 0 Å². The minimum absolute atomic E-state index is 0.0329. The smallest absolute Gasteiger partial charge is 0.338 e. The lowest BCUT2D eigenvalue weighted by Gasteiger charge is -2.29. The standard InChI is InChI=1S/C30H27N3O6S/c1-3-37-29(35)20-12-14-21(15-13-20)32-24(34)18-40-28-22(17-31)25(23-11-8-16-39-23)26(30(36)38-4-2)27(33-28)19-9-6-5-7-10-19/h5-16,25,33H,3-4,18H2,1-2H3,(H,32,34)/t25-/m1/s1. The van der Waals surface area contributed by atoms with Crippen LogP contribution in [0.15, 0.2) is 93.6 Å². The van der Waals surface area contributed by atoms with E-state index in [2.05, 4.69) is 16.7 Å². The molecule has 2 heterocycles. The molecule has 1 atom stereocenters. The lowest BCUT2D eigenvalue weighted by Crippen LogP contribution is -2.29. The Balaban J connectivity index is 1.61. The molecular formula is C30H27N3O6S. The molecule has 40 heavy (non-hydrogen) atoms. The van der Waals surface area contributed by atoms with Crippen LogP contribution in [0.4, 0.5) is 5.69 Å². The molecule has 9 nitrogen and oxygen atoms in total. The molecule has 1 aliphatic rings. The normalized spacial score (nSPS) is 14.7. The summed E-state index contributed by atoms with van der Waals surface area (Å²) in [6, 6.07) is 21.2. The molecule has 1 aromatic heterocycles. The summed E-state index contributed by atoms with van der Waals surface area (Å²) in [6.07, 6.45) is 1.48. The SMILES string of the molecule is CCOC(=O)C1=C(c2ccccc2)NC(SCC(=O)Nc2ccc(C(=O)OCC)cc2)=C(C#N)[C@@H]1c1ccco1. The predicted molar refractivity (Wildman–Crippen MR) is 151 cm³/mol. The number of carbonyl (C=O) groups excluding carboxylic acids is 3. The Morgan fingerprint density at radius 2 is 1.68 bits per heavy atom. The van der Waals surface area contributed by atoms with Crippen LogP contribution in [-0.4, -0.2) is 36.8 Å². The van der Waals surface area contributed by atoms with Gasteiger partial charge in [0.05, 0.1) is 64.7 Å². The molecule has 1 amide bonds. The van der Waals surface area contributed by atoms with Gasteiger partial charge in [-0.15, -0.1) is 0 Å². The van der Waals surface area contributed by atoms with E-state index in [1.165, 1.54) is 6.26 Å². The number of thioether (sulfide) groups is 1. The van der Waals surface area contributed by atoms with Crippen molar-refractivity contribution in [1.29, 1.82) is 5.26 Å². The van der Waals surface area contributed by atoms with Gasteiger partial charge in [-0.25, -0.2) is 9.59 Å². The fourth-order valence-electron chi connectivity index (χ4n) is 4.14. The molecule has 0 radical (unpaired) electrons. The third-order valence-electron chi connectivity index (χ3n) is 5.86. The van der Waals surface area contributed by atoms with Crippen LogP contribution < -0.4 is 10.6 Å². The lowest BCUT2D eigenvalue weighted by atomic mass is 9.84. The molecule has 0 saturated carbocycles. The number of esters is 2. The van der Waals surface area contributed by atoms with E-state index < -0.39 is 17.9 Å². The first kappa shape index (κ1) is 28.3. The van der Waals surface area contributed by atoms with Crippen molar-refractivity contribution < 1.29 is 28.3 Å². The van der Waals surface area contributed by atoms with Crippen molar-refractivity contribution in [3.8, 4) is 6.07 Å². The van der Waals surface area contributed by atoms with Gasteiger partial charge in [0.15, 0.2) is 0 Å². The second-order valence-electron chi connectivity index (χ2n) is 8.44. The molecule has 204 valence electrons. The number of nitriles is 1. The molecule has 0 spiro atoms. The van der Waals surface area contributed by atoms with E-state index >= 15 is 0 Å². The van der Waals surface area contributed by atoms with Gasteiger partial charge in [0.25, 0.3) is 0 Å². The highest BCUT2D eigenvalue weighted by Crippen LogP contribution is 2.43. The van der Waals surface area contributed by atoms with Gasteiger partial charge in [-0.1, -0.05) is 42.1 Å². The Bertz CT molecular complexity index is 1470. The van der Waals surface area contributed by atoms with Gasteiger partial charge in [0.1, 0.15) is 5.76 Å². The van der Waals surface area contributed by atoms with Crippen LogP contribution in [0.25, 0.3) is 5.70 Å². The molecule has 0 fully saturated rings. The Labute approximate surface area is 235 Å². The molecule has 0 bridgehead atoms. The molecule has 0 unspecified atom stereocenters. The number of allylic oxidation sites excluding steroid dienone is 1. The first-order valence-corrected chi connectivity index (χ1v) is 13.6. The highest BCUT2D eigenvalue weighted by atomic mass is 32.2. The zero-order valence-corrected chi connectivity index (χ0v) is 22.7. The Hall–Kier alpha value is -4.75. The third kappa shape index (κ3) is 6.45. The van der Waals surface area contributed by atoms with Gasteiger partial charge in [-0.05, 0) is 55.8 Å². The van der Waals surface area contributed by atoms with E-state index in [-0.39, 0.29) is 36.0 Å². The number of hydrogen-bond donors (Lipinski definition) is 2. The Kier molecular flexibility index (Phi) is 9.44. The second kappa shape index (κ2) is 13.4. The van der Waals surface area contributed by atoms with Gasteiger partial charge in [-0.3, -0.25) is 4.79 Å². The number of hydrogen-bond acceptors (Lipinski definition) is 9. The van der Waals surface area contributed by atoms with Crippen molar-refractivity contribution in [3.63, 3.8) is 0 Å². The van der Waals surface area contributed by atoms with Gasteiger partial charge < -0.3 is 24.5 Å². The van der Waals surface area contributed by atoms with Crippen LogP contribution >= 0.6 is 11.8 Å². The van der Waals surface area contributed by atoms with E-state index in [0.717, 1.165) is 11.8 Å². The molecule has 1 aliphatic heterocycles. The maximum absolute atomic E-state index is 13.2. The first-order valence-electron chi connectivity index (χ1n) is 12.6. The number of amides is 1. The van der Waals surface area contributed by atoms with Crippen molar-refractivity contribution in [1.82, 2.24) is 5.32 Å². The molecule has 0 aliphatic carbocycles. The van der Waals surface area contributed by atoms with Gasteiger partial charge in [-0.2, -0.15) is 5.26 Å². The number of furan rings is 1. The van der Waals surface area contributed by atoms with Gasteiger partial charge >= 0.3 is 11.9 Å². The number of rotatable bonds is 10. The Morgan fingerprint density at radius 1 is 0.975 bits per heavy atom. The summed E-state index contributed by atoms with van der Waals surface area (Å²) in [5.41, 5.74) is 2.54. The summed E-state index contributed by atoms with van der Waals surface area (Å²) in [4.78, 5) is 37.9. The van der Waals surface area contributed by atoms with E-state index in [0.29, 0.717) is 33.3 Å². The molecule has 3 aromatic rings. The molecular weight excluding hydrogens is 530 g/mol. The van der Waals surface area contributed by atoms with Crippen molar-refractivity contribution in [2.24, 2.45) is 0 Å². The highest BCUT2D eigenvalue weighted by molar-refractivity contribution is 8.03. The summed E-state index contributed by atoms with van der Waals surface area (Å²) in [5.74, 6) is -1.80. The average Bonchev–Trinajstić information content (AvgIpc) is 3.51. The van der Waals surface area contributed by atoms with Crippen molar-refractivity contribution in [3.05, 3.63) is 106 Å². The summed E-state index contributed by atoms with van der Waals surface area (Å²) < 4.78 is 16.0. The third-order valence-corrected chi connectivity index (χ3v) is 6.88. The van der Waals surface area contributed by atoms with Crippen LogP contribution in [0.1, 0.15) is 41.4 Å². The van der Waals surface area contributed by atoms with Crippen LogP contribution in [0.3, 0.4) is 0 Å². The lowest BCUT2D eigenvalue weighted by molar-refractivity contribution is -0.138. The average molecular weight is 558 g/mol. The summed E-state index contributed by atoms with van der Waals surface area (Å²) >= 11 is 1.13. The number of nitrogens with one attached hydrogen (secondary N) is 2. The molecule has 2 N–H and O–H groups in total. The summed E-state index contributed by atoms with van der Waals surface area (Å²) in [5, 5.41) is 16.6. The number of ether oxygens (including phenoxy) is 2. The van der Waals surface area contributed by atoms with Crippen LogP contribution in [0, 0.1) is 11.3 Å². The van der Waals surface area contributed by atoms with Crippen molar-refractivity contribution in [2.45, 2.75) is 19.8 Å². The summed E-state index contributed by atoms with van der Waals surface area (Å²) in [7, 11) is 0. The fourth-order valence-corrected chi connectivity index (χ4v) is 4.98. The molecule has 2 aromatic carbocycles. The van der Waals surface area contributed by atoms with Crippen LogP contribution in [-0.2, 0) is 19.1 Å². The number of dihydropyridines is 1. The second-order valence-corrected chi connectivity index (χ2v) is 9.42. The van der Waals surface area contributed by atoms with Crippen molar-refractivity contribution in [2.75, 3.05) is 24.3 Å². The number of anilines is 1. The van der Waals surface area contributed by atoms with Crippen LogP contribution in [0.2, 0.25) is 0 Å². The van der Waals surface area contributed by atoms with E-state index in [1.807, 2.05) is 30.3 Å². The predicted octanol–water partition coefficient (Wildman–Crippen LogP) is 5.22. The Morgan fingerprint density at radius 3 is 2.30 bits per heavy atom. The topological polar surface area (TPSA) is 131 Å². The van der Waals surface area contributed by atoms with E-state index in [1.54, 1.807) is 50.2 Å². The van der Waals surface area contributed by atoms with Gasteiger partial charge in [0.2, 0.25) is 5.91 Å². The minimum Gasteiger partial charge on any atom is -0.468 e. The fraction of sp³-hybridized carbons (Fsp3) is 0.200. The zero-order chi connectivity index (χ0) is 28.5. The molecule has 0 saturated heterocycles. The number of nitrogens with zero attached hydrogens (tertiary/aromatic N) is 1. The number of carbonyl (C=O) groups is 3. The summed E-state index contributed by atoms with van der Waals surface area (Å²) in [6.45, 7) is 3.87.